The van der Waals surface area contributed by atoms with Crippen molar-refractivity contribution in [3.63, 3.8) is 0 Å². The van der Waals surface area contributed by atoms with Gasteiger partial charge in [-0.1, -0.05) is 0 Å². The SMILES string of the molecule is Cc1cc(Br)c(NC(=O)c2ccc(=O)[nH]c2)cc1N. The van der Waals surface area contributed by atoms with Crippen molar-refractivity contribution in [1.82, 2.24) is 4.98 Å². The second-order valence-electron chi connectivity index (χ2n) is 4.08. The van der Waals surface area contributed by atoms with Gasteiger partial charge in [-0.2, -0.15) is 0 Å². The van der Waals surface area contributed by atoms with Crippen LogP contribution in [0.1, 0.15) is 15.9 Å². The van der Waals surface area contributed by atoms with Gasteiger partial charge in [-0.15, -0.1) is 0 Å². The van der Waals surface area contributed by atoms with Gasteiger partial charge in [0, 0.05) is 22.4 Å². The molecular weight excluding hydrogens is 310 g/mol. The van der Waals surface area contributed by atoms with Crippen molar-refractivity contribution in [3.8, 4) is 0 Å². The minimum Gasteiger partial charge on any atom is -0.398 e. The molecule has 0 aliphatic carbocycles. The molecule has 0 saturated carbocycles. The lowest BCUT2D eigenvalue weighted by molar-refractivity contribution is 0.102. The zero-order valence-corrected chi connectivity index (χ0v) is 11.7. The van der Waals surface area contributed by atoms with Gasteiger partial charge in [-0.25, -0.2) is 0 Å². The second-order valence-corrected chi connectivity index (χ2v) is 4.94. The number of aromatic nitrogens is 1. The van der Waals surface area contributed by atoms with Crippen LogP contribution in [-0.2, 0) is 0 Å². The van der Waals surface area contributed by atoms with Crippen LogP contribution in [0.3, 0.4) is 0 Å². The molecule has 2 aromatic rings. The van der Waals surface area contributed by atoms with Crippen molar-refractivity contribution < 1.29 is 4.79 Å². The van der Waals surface area contributed by atoms with E-state index in [1.54, 1.807) is 6.07 Å². The molecular formula is C13H12BrN3O2. The van der Waals surface area contributed by atoms with E-state index >= 15 is 0 Å². The van der Waals surface area contributed by atoms with E-state index in [9.17, 15) is 9.59 Å². The van der Waals surface area contributed by atoms with Crippen LogP contribution in [0, 0.1) is 6.92 Å². The first-order chi connectivity index (χ1) is 8.97. The Bertz CT molecular complexity index is 674. The van der Waals surface area contributed by atoms with Gasteiger partial charge in [0.05, 0.1) is 11.3 Å². The predicted octanol–water partition coefficient (Wildman–Crippen LogP) is 2.28. The van der Waals surface area contributed by atoms with Gasteiger partial charge in [-0.05, 0) is 46.6 Å². The van der Waals surface area contributed by atoms with Crippen LogP contribution in [0.25, 0.3) is 0 Å². The molecule has 0 saturated heterocycles. The van der Waals surface area contributed by atoms with Crippen LogP contribution in [0.2, 0.25) is 0 Å². The van der Waals surface area contributed by atoms with Crippen LogP contribution < -0.4 is 16.6 Å². The third-order valence-corrected chi connectivity index (χ3v) is 3.31. The Hall–Kier alpha value is -2.08. The Balaban J connectivity index is 2.26. The number of nitrogens with two attached hydrogens (primary N) is 1. The van der Waals surface area contributed by atoms with Crippen molar-refractivity contribution >= 4 is 33.2 Å². The molecule has 0 unspecified atom stereocenters. The second kappa shape index (κ2) is 5.27. The number of hydrogen-bond acceptors (Lipinski definition) is 3. The smallest absolute Gasteiger partial charge is 0.257 e. The van der Waals surface area contributed by atoms with Crippen molar-refractivity contribution in [2.75, 3.05) is 11.1 Å². The lowest BCUT2D eigenvalue weighted by atomic mass is 10.2. The largest absolute Gasteiger partial charge is 0.398 e. The fraction of sp³-hybridized carbons (Fsp3) is 0.0769. The Labute approximate surface area is 118 Å². The van der Waals surface area contributed by atoms with Gasteiger partial charge in [0.1, 0.15) is 0 Å². The average Bonchev–Trinajstić information content (AvgIpc) is 2.36. The molecule has 1 aromatic heterocycles. The number of benzene rings is 1. The molecule has 1 heterocycles. The van der Waals surface area contributed by atoms with Crippen molar-refractivity contribution in [3.05, 3.63) is 56.4 Å². The Morgan fingerprint density at radius 1 is 1.37 bits per heavy atom. The summed E-state index contributed by atoms with van der Waals surface area (Å²) in [6, 6.07) is 6.27. The highest BCUT2D eigenvalue weighted by Gasteiger charge is 2.09. The summed E-state index contributed by atoms with van der Waals surface area (Å²) in [4.78, 5) is 25.4. The van der Waals surface area contributed by atoms with Crippen molar-refractivity contribution in [1.29, 1.82) is 0 Å². The van der Waals surface area contributed by atoms with E-state index in [1.165, 1.54) is 18.3 Å². The number of H-pyrrole nitrogens is 1. The highest BCUT2D eigenvalue weighted by Crippen LogP contribution is 2.28. The van der Waals surface area contributed by atoms with E-state index < -0.39 is 0 Å². The number of carbonyl (C=O) groups is 1. The predicted molar refractivity (Wildman–Crippen MR) is 78.3 cm³/mol. The average molecular weight is 322 g/mol. The fourth-order valence-corrected chi connectivity index (χ4v) is 2.09. The number of anilines is 2. The van der Waals surface area contributed by atoms with E-state index in [0.29, 0.717) is 16.9 Å². The van der Waals surface area contributed by atoms with E-state index in [-0.39, 0.29) is 11.5 Å². The number of hydrogen-bond donors (Lipinski definition) is 3. The molecule has 5 nitrogen and oxygen atoms in total. The Kier molecular flexibility index (Phi) is 3.71. The molecule has 0 atom stereocenters. The van der Waals surface area contributed by atoms with Gasteiger partial charge in [-0.3, -0.25) is 9.59 Å². The normalized spacial score (nSPS) is 10.2. The zero-order chi connectivity index (χ0) is 14.0. The summed E-state index contributed by atoms with van der Waals surface area (Å²) in [6.07, 6.45) is 1.36. The summed E-state index contributed by atoms with van der Waals surface area (Å²) >= 11 is 3.37. The topological polar surface area (TPSA) is 88.0 Å². The minimum absolute atomic E-state index is 0.252. The van der Waals surface area contributed by atoms with Gasteiger partial charge in [0.15, 0.2) is 0 Å². The maximum atomic E-state index is 12.0. The number of aryl methyl sites for hydroxylation is 1. The number of halogens is 1. The quantitative estimate of drug-likeness (QED) is 0.741. The molecule has 0 spiro atoms. The lowest BCUT2D eigenvalue weighted by Crippen LogP contribution is -2.15. The summed E-state index contributed by atoms with van der Waals surface area (Å²) in [7, 11) is 0. The minimum atomic E-state index is -0.319. The Morgan fingerprint density at radius 2 is 2.11 bits per heavy atom. The monoisotopic (exact) mass is 321 g/mol. The lowest BCUT2D eigenvalue weighted by Gasteiger charge is -2.10. The molecule has 4 N–H and O–H groups in total. The first-order valence-corrected chi connectivity index (χ1v) is 6.32. The summed E-state index contributed by atoms with van der Waals surface area (Å²) < 4.78 is 0.747. The molecule has 0 aliphatic heterocycles. The maximum absolute atomic E-state index is 12.0. The summed E-state index contributed by atoms with van der Waals surface area (Å²) in [5, 5.41) is 2.73. The number of amides is 1. The van der Waals surface area contributed by atoms with E-state index in [1.807, 2.05) is 13.0 Å². The number of nitrogen functional groups attached to an aromatic ring is 1. The molecule has 19 heavy (non-hydrogen) atoms. The van der Waals surface area contributed by atoms with E-state index in [4.69, 9.17) is 5.73 Å². The molecule has 6 heteroatoms. The van der Waals surface area contributed by atoms with Gasteiger partial charge < -0.3 is 16.0 Å². The standard InChI is InChI=1S/C13H12BrN3O2/c1-7-4-9(14)11(5-10(7)15)17-13(19)8-2-3-12(18)16-6-8/h2-6H,15H2,1H3,(H,16,18)(H,17,19). The number of carbonyl (C=O) groups excluding carboxylic acids is 1. The van der Waals surface area contributed by atoms with Crippen LogP contribution in [0.4, 0.5) is 11.4 Å². The highest BCUT2D eigenvalue weighted by atomic mass is 79.9. The number of pyridine rings is 1. The first kappa shape index (κ1) is 13.4. The third-order valence-electron chi connectivity index (χ3n) is 2.65. The van der Waals surface area contributed by atoms with Crippen LogP contribution in [0.5, 0.6) is 0 Å². The van der Waals surface area contributed by atoms with Crippen LogP contribution in [0.15, 0.2) is 39.7 Å². The van der Waals surface area contributed by atoms with E-state index in [0.717, 1.165) is 10.0 Å². The number of nitrogens with one attached hydrogen (secondary N) is 2. The summed E-state index contributed by atoms with van der Waals surface area (Å²) in [6.45, 7) is 1.88. The molecule has 0 fully saturated rings. The fourth-order valence-electron chi connectivity index (χ4n) is 1.53. The molecule has 2 rings (SSSR count). The molecule has 1 amide bonds. The van der Waals surface area contributed by atoms with Crippen LogP contribution >= 0.6 is 15.9 Å². The van der Waals surface area contributed by atoms with Crippen molar-refractivity contribution in [2.24, 2.45) is 0 Å². The molecule has 0 radical (unpaired) electrons. The summed E-state index contributed by atoms with van der Waals surface area (Å²) in [5.74, 6) is -0.319. The van der Waals surface area contributed by atoms with Gasteiger partial charge >= 0.3 is 0 Å². The first-order valence-electron chi connectivity index (χ1n) is 5.53. The van der Waals surface area contributed by atoms with Gasteiger partial charge in [0.25, 0.3) is 5.91 Å². The Morgan fingerprint density at radius 3 is 2.74 bits per heavy atom. The maximum Gasteiger partial charge on any atom is 0.257 e. The molecule has 0 bridgehead atoms. The zero-order valence-electron chi connectivity index (χ0n) is 10.2. The highest BCUT2D eigenvalue weighted by molar-refractivity contribution is 9.10. The van der Waals surface area contributed by atoms with Gasteiger partial charge in [0.2, 0.25) is 5.56 Å². The third kappa shape index (κ3) is 3.03. The number of aromatic amines is 1. The van der Waals surface area contributed by atoms with Crippen LogP contribution in [-0.4, -0.2) is 10.9 Å². The van der Waals surface area contributed by atoms with E-state index in [2.05, 4.69) is 26.2 Å². The molecule has 98 valence electrons. The molecule has 1 aromatic carbocycles. The molecule has 0 aliphatic rings. The van der Waals surface area contributed by atoms with Crippen molar-refractivity contribution in [2.45, 2.75) is 6.92 Å². The summed E-state index contributed by atoms with van der Waals surface area (Å²) in [5.41, 5.74) is 8.02. The number of rotatable bonds is 2.